The molecule has 9 heteroatoms. The van der Waals surface area contributed by atoms with Gasteiger partial charge >= 0.3 is 5.97 Å². The Labute approximate surface area is 177 Å². The van der Waals surface area contributed by atoms with Crippen LogP contribution in [0.1, 0.15) is 12.5 Å². The number of carbonyl (C=O) groups excluding carboxylic acids is 1. The summed E-state index contributed by atoms with van der Waals surface area (Å²) >= 11 is 1.17. The number of hydrogen-bond donors (Lipinski definition) is 2. The van der Waals surface area contributed by atoms with Crippen molar-refractivity contribution >= 4 is 40.6 Å². The van der Waals surface area contributed by atoms with Gasteiger partial charge in [-0.15, -0.1) is 0 Å². The number of methoxy groups -OCH3 is 2. The van der Waals surface area contributed by atoms with Gasteiger partial charge in [-0.25, -0.2) is 9.79 Å². The molecule has 1 fully saturated rings. The smallest absolute Gasteiger partial charge is 0.344 e. The molecule has 0 radical (unpaired) electrons. The number of amidine groups is 1. The molecular formula is C21H20N2O6S. The fourth-order valence-electron chi connectivity index (χ4n) is 2.56. The van der Waals surface area contributed by atoms with Crippen molar-refractivity contribution in [3.63, 3.8) is 0 Å². The number of aliphatic carboxylic acids is 1. The summed E-state index contributed by atoms with van der Waals surface area (Å²) in [6, 6.07) is 12.2. The van der Waals surface area contributed by atoms with Gasteiger partial charge in [-0.2, -0.15) is 0 Å². The lowest BCUT2D eigenvalue weighted by Gasteiger charge is -2.16. The molecule has 2 N–H and O–H groups in total. The molecule has 2 aromatic carbocycles. The third kappa shape index (κ3) is 4.93. The van der Waals surface area contributed by atoms with Crippen molar-refractivity contribution < 1.29 is 28.9 Å². The van der Waals surface area contributed by atoms with E-state index in [0.717, 1.165) is 0 Å². The van der Waals surface area contributed by atoms with Crippen molar-refractivity contribution in [2.24, 2.45) is 4.99 Å². The van der Waals surface area contributed by atoms with Crippen LogP contribution in [-0.2, 0) is 9.59 Å². The van der Waals surface area contributed by atoms with Gasteiger partial charge in [0.15, 0.2) is 22.8 Å². The Hall–Kier alpha value is -3.46. The molecule has 1 aliphatic heterocycles. The van der Waals surface area contributed by atoms with Crippen molar-refractivity contribution in [2.75, 3.05) is 14.2 Å². The maximum absolute atomic E-state index is 12.4. The van der Waals surface area contributed by atoms with Crippen LogP contribution in [0.2, 0.25) is 0 Å². The lowest BCUT2D eigenvalue weighted by Crippen LogP contribution is -2.23. The molecule has 0 unspecified atom stereocenters. The quantitative estimate of drug-likeness (QED) is 0.651. The van der Waals surface area contributed by atoms with Crippen molar-refractivity contribution in [1.29, 1.82) is 0 Å². The Balaban J connectivity index is 1.88. The minimum absolute atomic E-state index is 0.247. The Morgan fingerprint density at radius 1 is 1.17 bits per heavy atom. The zero-order valence-corrected chi connectivity index (χ0v) is 17.4. The first kappa shape index (κ1) is 21.3. The highest BCUT2D eigenvalue weighted by molar-refractivity contribution is 8.18. The maximum atomic E-state index is 12.4. The summed E-state index contributed by atoms with van der Waals surface area (Å²) in [5, 5.41) is 12.3. The van der Waals surface area contributed by atoms with E-state index in [0.29, 0.717) is 32.8 Å². The molecule has 0 aromatic heterocycles. The molecule has 0 saturated carbocycles. The van der Waals surface area contributed by atoms with Gasteiger partial charge in [0, 0.05) is 5.56 Å². The summed E-state index contributed by atoms with van der Waals surface area (Å²) in [5.74, 6) is -0.0955. The average molecular weight is 428 g/mol. The minimum atomic E-state index is -1.11. The molecule has 2 aromatic rings. The summed E-state index contributed by atoms with van der Waals surface area (Å²) in [6.45, 7) is 1.42. The predicted molar refractivity (Wildman–Crippen MR) is 115 cm³/mol. The van der Waals surface area contributed by atoms with Crippen LogP contribution in [0, 0.1) is 0 Å². The number of para-hydroxylation sites is 1. The van der Waals surface area contributed by atoms with Crippen molar-refractivity contribution in [1.82, 2.24) is 5.32 Å². The second-order valence-corrected chi connectivity index (χ2v) is 7.19. The number of nitrogens with zero attached hydrogens (tertiary/aromatic N) is 1. The largest absolute Gasteiger partial charge is 0.497 e. The van der Waals surface area contributed by atoms with Gasteiger partial charge in [0.25, 0.3) is 5.91 Å². The number of carboxylic acids is 1. The van der Waals surface area contributed by atoms with Gasteiger partial charge < -0.3 is 24.6 Å². The standard InChI is InChI=1S/C21H20N2O6S/c1-12(20(25)26)29-18-13(5-4-6-16(18)28-3)11-17-19(24)23-21(30-17)22-14-7-9-15(27-2)10-8-14/h4-12H,1-3H3,(H,25,26)(H,22,23,24)/b17-11-/t12-/m0/s1. The van der Waals surface area contributed by atoms with E-state index in [1.165, 1.54) is 25.8 Å². The van der Waals surface area contributed by atoms with Gasteiger partial charge in [0.2, 0.25) is 0 Å². The van der Waals surface area contributed by atoms with Crippen LogP contribution in [0.3, 0.4) is 0 Å². The molecular weight excluding hydrogens is 408 g/mol. The molecule has 3 rings (SSSR count). The van der Waals surface area contributed by atoms with E-state index in [2.05, 4.69) is 10.3 Å². The first-order valence-electron chi connectivity index (χ1n) is 8.91. The number of benzene rings is 2. The molecule has 1 saturated heterocycles. The van der Waals surface area contributed by atoms with E-state index in [-0.39, 0.29) is 11.7 Å². The lowest BCUT2D eigenvalue weighted by atomic mass is 10.1. The van der Waals surface area contributed by atoms with E-state index in [1.807, 2.05) is 0 Å². The Bertz CT molecular complexity index is 1020. The number of rotatable bonds is 7. The van der Waals surface area contributed by atoms with Crippen molar-refractivity contribution in [2.45, 2.75) is 13.0 Å². The van der Waals surface area contributed by atoms with Crippen LogP contribution in [-0.4, -0.2) is 42.5 Å². The summed E-state index contributed by atoms with van der Waals surface area (Å²) in [5.41, 5.74) is 1.19. The molecule has 1 atom stereocenters. The number of nitrogens with one attached hydrogen (secondary N) is 1. The zero-order valence-electron chi connectivity index (χ0n) is 16.5. The monoisotopic (exact) mass is 428 g/mol. The Morgan fingerprint density at radius 3 is 2.53 bits per heavy atom. The summed E-state index contributed by atoms with van der Waals surface area (Å²) < 4.78 is 16.0. The molecule has 8 nitrogen and oxygen atoms in total. The molecule has 156 valence electrons. The fourth-order valence-corrected chi connectivity index (χ4v) is 3.39. The van der Waals surface area contributed by atoms with Gasteiger partial charge in [0.05, 0.1) is 24.8 Å². The number of carbonyl (C=O) groups is 2. The summed E-state index contributed by atoms with van der Waals surface area (Å²) in [4.78, 5) is 28.4. The topological polar surface area (TPSA) is 106 Å². The second kappa shape index (κ2) is 9.36. The molecule has 1 aliphatic rings. The molecule has 0 aliphatic carbocycles. The van der Waals surface area contributed by atoms with Gasteiger partial charge in [-0.3, -0.25) is 4.79 Å². The van der Waals surface area contributed by atoms with Crippen molar-refractivity contribution in [3.8, 4) is 17.2 Å². The normalized spacial score (nSPS) is 17.0. The average Bonchev–Trinajstić information content (AvgIpc) is 3.08. The molecule has 1 heterocycles. The van der Waals surface area contributed by atoms with Crippen LogP contribution in [0.4, 0.5) is 5.69 Å². The molecule has 0 spiro atoms. The number of amides is 1. The first-order valence-corrected chi connectivity index (χ1v) is 9.73. The lowest BCUT2D eigenvalue weighted by molar-refractivity contribution is -0.144. The van der Waals surface area contributed by atoms with E-state index in [4.69, 9.17) is 19.3 Å². The summed E-state index contributed by atoms with van der Waals surface area (Å²) in [6.07, 6.45) is 0.527. The first-order chi connectivity index (χ1) is 14.4. The van der Waals surface area contributed by atoms with E-state index < -0.39 is 12.1 Å². The number of thioether (sulfide) groups is 1. The third-order valence-corrected chi connectivity index (χ3v) is 5.02. The maximum Gasteiger partial charge on any atom is 0.344 e. The van der Waals surface area contributed by atoms with Gasteiger partial charge in [-0.1, -0.05) is 12.1 Å². The predicted octanol–water partition coefficient (Wildman–Crippen LogP) is 3.45. The van der Waals surface area contributed by atoms with E-state index >= 15 is 0 Å². The van der Waals surface area contributed by atoms with Crippen LogP contribution in [0.15, 0.2) is 52.4 Å². The van der Waals surface area contributed by atoms with Crippen LogP contribution in [0.5, 0.6) is 17.2 Å². The third-order valence-electron chi connectivity index (χ3n) is 4.11. The number of ether oxygens (including phenoxy) is 3. The molecule has 1 amide bonds. The van der Waals surface area contributed by atoms with E-state index in [9.17, 15) is 9.59 Å². The Morgan fingerprint density at radius 2 is 1.90 bits per heavy atom. The highest BCUT2D eigenvalue weighted by atomic mass is 32.2. The molecule has 30 heavy (non-hydrogen) atoms. The SMILES string of the molecule is COc1ccc(N=C2NC(=O)/C(=C/c3cccc(OC)c3O[C@@H](C)C(=O)O)S2)cc1. The highest BCUT2D eigenvalue weighted by Gasteiger charge is 2.25. The number of carboxylic acid groups (broad SMARTS) is 1. The zero-order chi connectivity index (χ0) is 21.7. The van der Waals surface area contributed by atoms with Crippen LogP contribution < -0.4 is 19.5 Å². The highest BCUT2D eigenvalue weighted by Crippen LogP contribution is 2.36. The van der Waals surface area contributed by atoms with Crippen molar-refractivity contribution in [3.05, 3.63) is 52.9 Å². The second-order valence-electron chi connectivity index (χ2n) is 6.16. The fraction of sp³-hybridized carbons (Fsp3) is 0.190. The van der Waals surface area contributed by atoms with Gasteiger partial charge in [-0.05, 0) is 55.1 Å². The van der Waals surface area contributed by atoms with Crippen LogP contribution >= 0.6 is 11.8 Å². The van der Waals surface area contributed by atoms with Crippen LogP contribution in [0.25, 0.3) is 6.08 Å². The minimum Gasteiger partial charge on any atom is -0.497 e. The number of hydrogen-bond acceptors (Lipinski definition) is 7. The number of aliphatic imine (C=N–C) groups is 1. The van der Waals surface area contributed by atoms with Gasteiger partial charge in [0.1, 0.15) is 5.75 Å². The molecule has 0 bridgehead atoms. The Kier molecular flexibility index (Phi) is 6.63. The van der Waals surface area contributed by atoms with E-state index in [1.54, 1.807) is 55.7 Å². The summed E-state index contributed by atoms with van der Waals surface area (Å²) in [7, 11) is 3.04.